The average Bonchev–Trinajstić information content (AvgIpc) is 2.49. The van der Waals surface area contributed by atoms with E-state index in [0.29, 0.717) is 6.61 Å². The van der Waals surface area contributed by atoms with E-state index in [2.05, 4.69) is 11.0 Å². The first-order chi connectivity index (χ1) is 9.76. The van der Waals surface area contributed by atoms with Crippen LogP contribution in [0.1, 0.15) is 31.7 Å². The number of methoxy groups -OCH3 is 1. The molecule has 0 bridgehead atoms. The zero-order chi connectivity index (χ0) is 14.4. The van der Waals surface area contributed by atoms with E-state index in [1.165, 1.54) is 7.11 Å². The number of hydrogen-bond acceptors (Lipinski definition) is 4. The van der Waals surface area contributed by atoms with Gasteiger partial charge >= 0.3 is 5.97 Å². The van der Waals surface area contributed by atoms with E-state index in [1.807, 2.05) is 25.1 Å². The minimum absolute atomic E-state index is 0.122. The second-order valence-corrected chi connectivity index (χ2v) is 5.05. The first-order valence-corrected chi connectivity index (χ1v) is 7.28. The van der Waals surface area contributed by atoms with E-state index in [0.717, 1.165) is 43.7 Å². The zero-order valence-corrected chi connectivity index (χ0v) is 12.3. The molecule has 0 amide bonds. The molecule has 1 aromatic rings. The van der Waals surface area contributed by atoms with Gasteiger partial charge in [-0.15, -0.1) is 0 Å². The molecule has 1 atom stereocenters. The topological polar surface area (TPSA) is 38.8 Å². The predicted octanol–water partition coefficient (Wildman–Crippen LogP) is 2.61. The lowest BCUT2D eigenvalue weighted by Gasteiger charge is -2.34. The molecule has 110 valence electrons. The van der Waals surface area contributed by atoms with Crippen LogP contribution >= 0.6 is 0 Å². The highest BCUT2D eigenvalue weighted by Gasteiger charge is 2.29. The van der Waals surface area contributed by atoms with Crippen LogP contribution in [0.5, 0.6) is 5.75 Å². The van der Waals surface area contributed by atoms with Crippen LogP contribution in [0.4, 0.5) is 0 Å². The fraction of sp³-hybridized carbons (Fsp3) is 0.562. The minimum Gasteiger partial charge on any atom is -0.494 e. The third-order valence-electron chi connectivity index (χ3n) is 3.73. The quantitative estimate of drug-likeness (QED) is 0.776. The molecule has 1 heterocycles. The molecule has 1 unspecified atom stereocenters. The highest BCUT2D eigenvalue weighted by molar-refractivity contribution is 5.75. The highest BCUT2D eigenvalue weighted by atomic mass is 16.5. The summed E-state index contributed by atoms with van der Waals surface area (Å²) in [6.07, 6.45) is 3.09. The molecule has 1 aromatic carbocycles. The van der Waals surface area contributed by atoms with E-state index < -0.39 is 0 Å². The van der Waals surface area contributed by atoms with Crippen molar-refractivity contribution in [1.29, 1.82) is 0 Å². The molecule has 4 heteroatoms. The van der Waals surface area contributed by atoms with Gasteiger partial charge in [-0.3, -0.25) is 9.69 Å². The third-order valence-corrected chi connectivity index (χ3v) is 3.73. The Morgan fingerprint density at radius 3 is 2.90 bits per heavy atom. The van der Waals surface area contributed by atoms with Crippen molar-refractivity contribution < 1.29 is 14.3 Å². The lowest BCUT2D eigenvalue weighted by Crippen LogP contribution is -2.44. The maximum Gasteiger partial charge on any atom is 0.323 e. The van der Waals surface area contributed by atoms with Crippen molar-refractivity contribution in [2.24, 2.45) is 0 Å². The summed E-state index contributed by atoms with van der Waals surface area (Å²) in [5.41, 5.74) is 1.13. The van der Waals surface area contributed by atoms with Gasteiger partial charge in [0.1, 0.15) is 11.8 Å². The number of esters is 1. The molecule has 1 saturated heterocycles. The first kappa shape index (κ1) is 14.9. The lowest BCUT2D eigenvalue weighted by atomic mass is 10.0. The Morgan fingerprint density at radius 1 is 1.35 bits per heavy atom. The molecular weight excluding hydrogens is 254 g/mol. The molecule has 0 radical (unpaired) electrons. The number of benzene rings is 1. The van der Waals surface area contributed by atoms with Crippen molar-refractivity contribution in [2.75, 3.05) is 20.3 Å². The van der Waals surface area contributed by atoms with Crippen molar-refractivity contribution in [3.8, 4) is 5.75 Å². The molecule has 2 rings (SSSR count). The Balaban J connectivity index is 2.12. The predicted molar refractivity (Wildman–Crippen MR) is 77.7 cm³/mol. The molecule has 20 heavy (non-hydrogen) atoms. The number of rotatable bonds is 5. The minimum atomic E-state index is -0.126. The second-order valence-electron chi connectivity index (χ2n) is 5.05. The normalized spacial score (nSPS) is 19.6. The standard InChI is InChI=1S/C16H23NO3/c1-3-20-15-10-5-4-8-13(15)12-17-11-7-6-9-14(17)16(18)19-2/h4-5,8,10,14H,3,6-7,9,11-12H2,1-2H3. The molecule has 0 spiro atoms. The van der Waals surface area contributed by atoms with E-state index in [9.17, 15) is 4.79 Å². The summed E-state index contributed by atoms with van der Waals surface area (Å²) < 4.78 is 10.6. The maximum absolute atomic E-state index is 11.9. The Bertz CT molecular complexity index is 447. The largest absolute Gasteiger partial charge is 0.494 e. The maximum atomic E-state index is 11.9. The molecule has 4 nitrogen and oxygen atoms in total. The van der Waals surface area contributed by atoms with Crippen LogP contribution in [0.25, 0.3) is 0 Å². The number of para-hydroxylation sites is 1. The molecule has 0 aromatic heterocycles. The molecular formula is C16H23NO3. The van der Waals surface area contributed by atoms with Gasteiger partial charge in [-0.25, -0.2) is 0 Å². The Hall–Kier alpha value is -1.55. The van der Waals surface area contributed by atoms with Crippen LogP contribution in [0.3, 0.4) is 0 Å². The number of carbonyl (C=O) groups excluding carboxylic acids is 1. The number of ether oxygens (including phenoxy) is 2. The highest BCUT2D eigenvalue weighted by Crippen LogP contribution is 2.25. The molecule has 0 saturated carbocycles. The van der Waals surface area contributed by atoms with Crippen LogP contribution in [0.2, 0.25) is 0 Å². The summed E-state index contributed by atoms with van der Waals surface area (Å²) in [5.74, 6) is 0.780. The summed E-state index contributed by atoms with van der Waals surface area (Å²) in [5, 5.41) is 0. The smallest absolute Gasteiger partial charge is 0.323 e. The van der Waals surface area contributed by atoms with Gasteiger partial charge in [0, 0.05) is 12.1 Å². The number of nitrogens with zero attached hydrogens (tertiary/aromatic N) is 1. The summed E-state index contributed by atoms with van der Waals surface area (Å²) >= 11 is 0. The molecule has 0 N–H and O–H groups in total. The van der Waals surface area contributed by atoms with Crippen molar-refractivity contribution in [1.82, 2.24) is 4.90 Å². The van der Waals surface area contributed by atoms with Gasteiger partial charge in [0.05, 0.1) is 13.7 Å². The fourth-order valence-corrected chi connectivity index (χ4v) is 2.73. The summed E-state index contributed by atoms with van der Waals surface area (Å²) in [6.45, 7) is 4.29. The number of hydrogen-bond donors (Lipinski definition) is 0. The molecule has 1 fully saturated rings. The first-order valence-electron chi connectivity index (χ1n) is 7.28. The van der Waals surface area contributed by atoms with Crippen LogP contribution in [-0.4, -0.2) is 37.2 Å². The third kappa shape index (κ3) is 3.51. The van der Waals surface area contributed by atoms with Crippen molar-refractivity contribution >= 4 is 5.97 Å². The Labute approximate surface area is 120 Å². The van der Waals surface area contributed by atoms with Crippen LogP contribution in [-0.2, 0) is 16.1 Å². The van der Waals surface area contributed by atoms with Gasteiger partial charge in [0.2, 0.25) is 0 Å². The van der Waals surface area contributed by atoms with E-state index >= 15 is 0 Å². The number of piperidine rings is 1. The monoisotopic (exact) mass is 277 g/mol. The Morgan fingerprint density at radius 2 is 2.15 bits per heavy atom. The van der Waals surface area contributed by atoms with E-state index in [1.54, 1.807) is 0 Å². The zero-order valence-electron chi connectivity index (χ0n) is 12.3. The second kappa shape index (κ2) is 7.29. The van der Waals surface area contributed by atoms with Gasteiger partial charge in [-0.05, 0) is 32.4 Å². The van der Waals surface area contributed by atoms with E-state index in [-0.39, 0.29) is 12.0 Å². The van der Waals surface area contributed by atoms with Crippen molar-refractivity contribution in [3.63, 3.8) is 0 Å². The number of carbonyl (C=O) groups is 1. The SMILES string of the molecule is CCOc1ccccc1CN1CCCCC1C(=O)OC. The van der Waals surface area contributed by atoms with Crippen molar-refractivity contribution in [3.05, 3.63) is 29.8 Å². The molecule has 0 aliphatic carbocycles. The molecule has 1 aliphatic heterocycles. The van der Waals surface area contributed by atoms with Crippen LogP contribution in [0, 0.1) is 0 Å². The van der Waals surface area contributed by atoms with E-state index in [4.69, 9.17) is 9.47 Å². The van der Waals surface area contributed by atoms with Crippen molar-refractivity contribution in [2.45, 2.75) is 38.8 Å². The van der Waals surface area contributed by atoms with Gasteiger partial charge in [-0.1, -0.05) is 24.6 Å². The van der Waals surface area contributed by atoms with Gasteiger partial charge in [0.25, 0.3) is 0 Å². The van der Waals surface area contributed by atoms with Gasteiger partial charge < -0.3 is 9.47 Å². The van der Waals surface area contributed by atoms with Gasteiger partial charge in [-0.2, -0.15) is 0 Å². The number of likely N-dealkylation sites (tertiary alicyclic amines) is 1. The van der Waals surface area contributed by atoms with Gasteiger partial charge in [0.15, 0.2) is 0 Å². The average molecular weight is 277 g/mol. The Kier molecular flexibility index (Phi) is 5.41. The summed E-state index contributed by atoms with van der Waals surface area (Å²) in [6, 6.07) is 7.91. The lowest BCUT2D eigenvalue weighted by molar-refractivity contribution is -0.148. The fourth-order valence-electron chi connectivity index (χ4n) is 2.73. The van der Waals surface area contributed by atoms with Crippen LogP contribution in [0.15, 0.2) is 24.3 Å². The summed E-state index contributed by atoms with van der Waals surface area (Å²) in [7, 11) is 1.46. The van der Waals surface area contributed by atoms with Crippen LogP contribution < -0.4 is 4.74 Å². The molecule has 1 aliphatic rings. The summed E-state index contributed by atoms with van der Waals surface area (Å²) in [4.78, 5) is 14.1.